The van der Waals surface area contributed by atoms with Crippen LogP contribution in [0.2, 0.25) is 0 Å². The molecule has 0 aliphatic rings. The number of nitrogens with two attached hydrogens (primary N) is 1. The van der Waals surface area contributed by atoms with Gasteiger partial charge in [-0.15, -0.1) is 0 Å². The predicted molar refractivity (Wildman–Crippen MR) is 86.8 cm³/mol. The van der Waals surface area contributed by atoms with Gasteiger partial charge in [-0.1, -0.05) is 24.3 Å². The van der Waals surface area contributed by atoms with E-state index in [1.54, 1.807) is 12.1 Å². The first kappa shape index (κ1) is 16.1. The average Bonchev–Trinajstić information content (AvgIpc) is 2.46. The molecular formula is C17H19BrFNO. The summed E-state index contributed by atoms with van der Waals surface area (Å²) in [5.74, 6) is -0.567. The summed E-state index contributed by atoms with van der Waals surface area (Å²) in [7, 11) is 0. The van der Waals surface area contributed by atoms with Crippen LogP contribution in [-0.2, 0) is 0 Å². The molecular weight excluding hydrogens is 333 g/mol. The lowest BCUT2D eigenvalue weighted by atomic mass is 9.88. The van der Waals surface area contributed by atoms with E-state index in [4.69, 9.17) is 5.73 Å². The van der Waals surface area contributed by atoms with Crippen LogP contribution in [0, 0.1) is 19.7 Å². The van der Waals surface area contributed by atoms with Crippen LogP contribution in [0.5, 0.6) is 0 Å². The summed E-state index contributed by atoms with van der Waals surface area (Å²) >= 11 is 3.15. The third-order valence-corrected chi connectivity index (χ3v) is 4.49. The normalized spacial score (nSPS) is 14.0. The van der Waals surface area contributed by atoms with Crippen LogP contribution in [0.1, 0.15) is 34.3 Å². The second kappa shape index (κ2) is 6.69. The summed E-state index contributed by atoms with van der Waals surface area (Å²) in [5, 5.41) is 10.6. The van der Waals surface area contributed by atoms with Crippen LogP contribution in [-0.4, -0.2) is 11.7 Å². The zero-order valence-electron chi connectivity index (χ0n) is 12.1. The van der Waals surface area contributed by atoms with Crippen molar-refractivity contribution in [2.24, 2.45) is 5.73 Å². The van der Waals surface area contributed by atoms with Crippen molar-refractivity contribution in [2.75, 3.05) is 6.54 Å². The van der Waals surface area contributed by atoms with Crippen LogP contribution < -0.4 is 5.73 Å². The zero-order valence-corrected chi connectivity index (χ0v) is 13.7. The number of aliphatic hydroxyl groups is 1. The molecule has 0 amide bonds. The summed E-state index contributed by atoms with van der Waals surface area (Å²) in [6.45, 7) is 4.40. The molecule has 0 heterocycles. The molecule has 4 heteroatoms. The van der Waals surface area contributed by atoms with Gasteiger partial charge in [0.05, 0.1) is 10.6 Å². The van der Waals surface area contributed by atoms with Gasteiger partial charge in [0.2, 0.25) is 0 Å². The molecule has 21 heavy (non-hydrogen) atoms. The average molecular weight is 352 g/mol. The molecule has 0 aromatic heterocycles. The maximum Gasteiger partial charge on any atom is 0.137 e. The van der Waals surface area contributed by atoms with Gasteiger partial charge in [0.15, 0.2) is 0 Å². The minimum absolute atomic E-state index is 0.221. The number of hydrogen-bond acceptors (Lipinski definition) is 2. The Hall–Kier alpha value is -1.23. The van der Waals surface area contributed by atoms with E-state index in [0.717, 1.165) is 5.56 Å². The number of rotatable bonds is 4. The van der Waals surface area contributed by atoms with Crippen LogP contribution in [0.3, 0.4) is 0 Å². The molecule has 3 N–H and O–H groups in total. The second-order valence-electron chi connectivity index (χ2n) is 5.30. The molecule has 0 spiro atoms. The number of aryl methyl sites for hydroxylation is 2. The van der Waals surface area contributed by atoms with E-state index in [2.05, 4.69) is 22.0 Å². The largest absolute Gasteiger partial charge is 0.388 e. The molecule has 2 rings (SSSR count). The standard InChI is InChI=1S/C17H19BrFNO/c1-10-3-4-12(7-11(10)2)14(9-20)17(21)13-5-6-16(19)15(18)8-13/h3-8,14,17,21H,9,20H2,1-2H3. The van der Waals surface area contributed by atoms with E-state index < -0.39 is 6.10 Å². The number of hydrogen-bond donors (Lipinski definition) is 2. The number of benzene rings is 2. The molecule has 0 aliphatic carbocycles. The molecule has 0 saturated carbocycles. The van der Waals surface area contributed by atoms with E-state index in [-0.39, 0.29) is 11.7 Å². The lowest BCUT2D eigenvalue weighted by molar-refractivity contribution is 0.147. The van der Waals surface area contributed by atoms with Crippen molar-refractivity contribution < 1.29 is 9.50 Å². The third-order valence-electron chi connectivity index (χ3n) is 3.88. The van der Waals surface area contributed by atoms with Gasteiger partial charge in [-0.05, 0) is 64.2 Å². The van der Waals surface area contributed by atoms with Gasteiger partial charge >= 0.3 is 0 Å². The van der Waals surface area contributed by atoms with Crippen LogP contribution in [0.15, 0.2) is 40.9 Å². The summed E-state index contributed by atoms with van der Waals surface area (Å²) in [5.41, 5.74) is 9.86. The molecule has 2 nitrogen and oxygen atoms in total. The summed E-state index contributed by atoms with van der Waals surface area (Å²) in [6, 6.07) is 10.6. The van der Waals surface area contributed by atoms with Crippen LogP contribution in [0.4, 0.5) is 4.39 Å². The fourth-order valence-electron chi connectivity index (χ4n) is 2.37. The molecule has 2 atom stereocenters. The van der Waals surface area contributed by atoms with Gasteiger partial charge in [-0.25, -0.2) is 4.39 Å². The molecule has 0 bridgehead atoms. The maximum absolute atomic E-state index is 13.3. The Labute approximate surface area is 132 Å². The Kier molecular flexibility index (Phi) is 5.14. The van der Waals surface area contributed by atoms with Crippen molar-refractivity contribution in [3.05, 3.63) is 68.9 Å². The number of aliphatic hydroxyl groups excluding tert-OH is 1. The molecule has 0 saturated heterocycles. The Morgan fingerprint density at radius 3 is 2.33 bits per heavy atom. The monoisotopic (exact) mass is 351 g/mol. The highest BCUT2D eigenvalue weighted by atomic mass is 79.9. The van der Waals surface area contributed by atoms with E-state index >= 15 is 0 Å². The van der Waals surface area contributed by atoms with Crippen LogP contribution >= 0.6 is 15.9 Å². The highest BCUT2D eigenvalue weighted by Crippen LogP contribution is 2.32. The van der Waals surface area contributed by atoms with Crippen molar-refractivity contribution in [3.63, 3.8) is 0 Å². The second-order valence-corrected chi connectivity index (χ2v) is 6.16. The van der Waals surface area contributed by atoms with Crippen molar-refractivity contribution in [2.45, 2.75) is 25.9 Å². The summed E-state index contributed by atoms with van der Waals surface area (Å²) in [4.78, 5) is 0. The topological polar surface area (TPSA) is 46.2 Å². The van der Waals surface area contributed by atoms with Gasteiger partial charge in [0.1, 0.15) is 5.82 Å². The lowest BCUT2D eigenvalue weighted by Crippen LogP contribution is -2.20. The minimum Gasteiger partial charge on any atom is -0.388 e. The zero-order chi connectivity index (χ0) is 15.6. The SMILES string of the molecule is Cc1ccc(C(CN)C(O)c2ccc(F)c(Br)c2)cc1C. The van der Waals surface area contributed by atoms with E-state index in [0.29, 0.717) is 16.6 Å². The first-order chi connectivity index (χ1) is 9.93. The minimum atomic E-state index is -0.769. The smallest absolute Gasteiger partial charge is 0.137 e. The quantitative estimate of drug-likeness (QED) is 0.874. The van der Waals surface area contributed by atoms with E-state index in [9.17, 15) is 9.50 Å². The third kappa shape index (κ3) is 3.51. The van der Waals surface area contributed by atoms with Gasteiger partial charge in [0.25, 0.3) is 0 Å². The lowest BCUT2D eigenvalue weighted by Gasteiger charge is -2.23. The highest BCUT2D eigenvalue weighted by molar-refractivity contribution is 9.10. The van der Waals surface area contributed by atoms with Gasteiger partial charge in [0, 0.05) is 12.5 Å². The van der Waals surface area contributed by atoms with Gasteiger partial charge in [-0.2, -0.15) is 0 Å². The highest BCUT2D eigenvalue weighted by Gasteiger charge is 2.22. The fraction of sp³-hybridized carbons (Fsp3) is 0.294. The maximum atomic E-state index is 13.3. The Morgan fingerprint density at radius 2 is 1.76 bits per heavy atom. The van der Waals surface area contributed by atoms with Crippen LogP contribution in [0.25, 0.3) is 0 Å². The molecule has 0 fully saturated rings. The molecule has 0 aliphatic heterocycles. The molecule has 0 radical (unpaired) electrons. The van der Waals surface area contributed by atoms with E-state index in [1.807, 2.05) is 26.0 Å². The van der Waals surface area contributed by atoms with Crippen molar-refractivity contribution in [1.82, 2.24) is 0 Å². The molecule has 2 aromatic rings. The fourth-order valence-corrected chi connectivity index (χ4v) is 2.77. The Balaban J connectivity index is 2.35. The molecule has 2 unspecified atom stereocenters. The van der Waals surface area contributed by atoms with Crippen molar-refractivity contribution >= 4 is 15.9 Å². The summed E-state index contributed by atoms with van der Waals surface area (Å²) in [6.07, 6.45) is -0.769. The Bertz CT molecular complexity index is 645. The van der Waals surface area contributed by atoms with Gasteiger partial charge < -0.3 is 10.8 Å². The first-order valence-corrected chi connectivity index (χ1v) is 7.63. The van der Waals surface area contributed by atoms with E-state index in [1.165, 1.54) is 17.2 Å². The Morgan fingerprint density at radius 1 is 1.10 bits per heavy atom. The predicted octanol–water partition coefficient (Wildman–Crippen LogP) is 3.98. The first-order valence-electron chi connectivity index (χ1n) is 6.84. The number of halogens is 2. The molecule has 112 valence electrons. The van der Waals surface area contributed by atoms with Crippen molar-refractivity contribution in [3.8, 4) is 0 Å². The van der Waals surface area contributed by atoms with Gasteiger partial charge in [-0.3, -0.25) is 0 Å². The molecule has 2 aromatic carbocycles. The summed E-state index contributed by atoms with van der Waals surface area (Å²) < 4.78 is 13.7. The van der Waals surface area contributed by atoms with Crippen molar-refractivity contribution in [1.29, 1.82) is 0 Å².